The molecule has 0 aromatic heterocycles. The molecule has 1 radical (unpaired) electrons. The Morgan fingerprint density at radius 3 is 2.36 bits per heavy atom. The van der Waals surface area contributed by atoms with Crippen LogP contribution in [0.1, 0.15) is 19.8 Å². The normalized spacial score (nSPS) is 40.1. The second-order valence-electron chi connectivity index (χ2n) is 3.48. The average molecular weight is 205 g/mol. The van der Waals surface area contributed by atoms with Crippen molar-refractivity contribution in [2.75, 3.05) is 6.61 Å². The van der Waals surface area contributed by atoms with Gasteiger partial charge in [-0.25, -0.2) is 0 Å². The van der Waals surface area contributed by atoms with Gasteiger partial charge in [0.15, 0.2) is 0 Å². The van der Waals surface area contributed by atoms with Crippen LogP contribution >= 0.6 is 0 Å². The molecule has 1 heterocycles. The van der Waals surface area contributed by atoms with E-state index in [9.17, 15) is 15.3 Å². The number of aliphatic hydroxyl groups is 4. The number of ether oxygens (including phenoxy) is 1. The van der Waals surface area contributed by atoms with Gasteiger partial charge in [0.05, 0.1) is 6.61 Å². The maximum Gasteiger partial charge on any atom is 0.129 e. The first-order valence-corrected chi connectivity index (χ1v) is 4.79. The zero-order valence-electron chi connectivity index (χ0n) is 8.13. The smallest absolute Gasteiger partial charge is 0.129 e. The van der Waals surface area contributed by atoms with E-state index in [-0.39, 0.29) is 6.61 Å². The fourth-order valence-corrected chi connectivity index (χ4v) is 1.53. The summed E-state index contributed by atoms with van der Waals surface area (Å²) in [5.41, 5.74) is 0. The molecule has 1 aliphatic rings. The molecule has 0 aromatic rings. The van der Waals surface area contributed by atoms with Gasteiger partial charge in [0.2, 0.25) is 0 Å². The quantitative estimate of drug-likeness (QED) is 0.464. The predicted octanol–water partition coefficient (Wildman–Crippen LogP) is -1.21. The Hall–Kier alpha value is -0.200. The molecular formula is C9H17O5. The molecule has 0 unspecified atom stereocenters. The highest BCUT2D eigenvalue weighted by Gasteiger charge is 2.43. The van der Waals surface area contributed by atoms with Gasteiger partial charge in [-0.05, 0) is 6.42 Å². The van der Waals surface area contributed by atoms with Crippen molar-refractivity contribution in [2.45, 2.75) is 44.2 Å². The number of hydrogen-bond acceptors (Lipinski definition) is 5. The van der Waals surface area contributed by atoms with Gasteiger partial charge in [-0.2, -0.15) is 0 Å². The zero-order valence-corrected chi connectivity index (χ0v) is 8.13. The minimum Gasteiger partial charge on any atom is -0.394 e. The summed E-state index contributed by atoms with van der Waals surface area (Å²) < 4.78 is 5.18. The van der Waals surface area contributed by atoms with E-state index in [4.69, 9.17) is 9.84 Å². The number of rotatable bonds is 3. The van der Waals surface area contributed by atoms with E-state index in [1.54, 1.807) is 0 Å². The lowest BCUT2D eigenvalue weighted by atomic mass is 9.93. The maximum absolute atomic E-state index is 9.50. The molecule has 0 spiro atoms. The minimum atomic E-state index is -1.28. The average Bonchev–Trinajstić information content (AvgIpc) is 2.19. The molecule has 0 bridgehead atoms. The van der Waals surface area contributed by atoms with Crippen molar-refractivity contribution in [3.8, 4) is 0 Å². The largest absolute Gasteiger partial charge is 0.394 e. The van der Waals surface area contributed by atoms with Crippen LogP contribution < -0.4 is 0 Å². The topological polar surface area (TPSA) is 90.2 Å². The Morgan fingerprint density at radius 2 is 1.86 bits per heavy atom. The number of aliphatic hydroxyl groups excluding tert-OH is 4. The van der Waals surface area contributed by atoms with Crippen molar-refractivity contribution in [1.29, 1.82) is 0 Å². The monoisotopic (exact) mass is 205 g/mol. The summed E-state index contributed by atoms with van der Waals surface area (Å²) >= 11 is 0. The van der Waals surface area contributed by atoms with Gasteiger partial charge in [0, 0.05) is 0 Å². The van der Waals surface area contributed by atoms with E-state index in [0.717, 1.165) is 6.42 Å². The molecule has 14 heavy (non-hydrogen) atoms. The van der Waals surface area contributed by atoms with Crippen LogP contribution in [-0.2, 0) is 4.74 Å². The molecule has 1 saturated heterocycles. The Bertz CT molecular complexity index is 171. The van der Waals surface area contributed by atoms with Crippen LogP contribution in [0.3, 0.4) is 0 Å². The fourth-order valence-electron chi connectivity index (χ4n) is 1.53. The van der Waals surface area contributed by atoms with Crippen LogP contribution in [0, 0.1) is 6.10 Å². The second-order valence-corrected chi connectivity index (χ2v) is 3.48. The highest BCUT2D eigenvalue weighted by Crippen LogP contribution is 2.28. The molecular weight excluding hydrogens is 188 g/mol. The molecule has 5 nitrogen and oxygen atoms in total. The van der Waals surface area contributed by atoms with Crippen molar-refractivity contribution in [3.05, 3.63) is 6.10 Å². The lowest BCUT2D eigenvalue weighted by molar-refractivity contribution is -0.192. The highest BCUT2D eigenvalue weighted by molar-refractivity contribution is 5.01. The van der Waals surface area contributed by atoms with E-state index in [2.05, 4.69) is 0 Å². The fraction of sp³-hybridized carbons (Fsp3) is 0.889. The van der Waals surface area contributed by atoms with Crippen molar-refractivity contribution in [3.63, 3.8) is 0 Å². The highest BCUT2D eigenvalue weighted by atomic mass is 16.5. The van der Waals surface area contributed by atoms with Crippen LogP contribution in [0.15, 0.2) is 0 Å². The van der Waals surface area contributed by atoms with E-state index in [1.807, 2.05) is 6.92 Å². The molecule has 1 rings (SSSR count). The molecule has 1 aliphatic heterocycles. The first-order chi connectivity index (χ1) is 6.61. The Morgan fingerprint density at radius 1 is 1.21 bits per heavy atom. The summed E-state index contributed by atoms with van der Waals surface area (Å²) in [4.78, 5) is 0. The summed E-state index contributed by atoms with van der Waals surface area (Å²) in [6.45, 7) is 1.53. The molecule has 0 aromatic carbocycles. The van der Waals surface area contributed by atoms with Gasteiger partial charge in [-0.3, -0.25) is 0 Å². The van der Waals surface area contributed by atoms with Crippen molar-refractivity contribution in [2.24, 2.45) is 0 Å². The van der Waals surface area contributed by atoms with Gasteiger partial charge >= 0.3 is 0 Å². The lowest BCUT2D eigenvalue weighted by Crippen LogP contribution is -2.55. The molecule has 0 amide bonds. The van der Waals surface area contributed by atoms with Crippen molar-refractivity contribution < 1.29 is 25.2 Å². The molecule has 0 saturated carbocycles. The van der Waals surface area contributed by atoms with E-state index >= 15 is 0 Å². The third-order valence-corrected chi connectivity index (χ3v) is 2.36. The first kappa shape index (κ1) is 11.9. The minimum absolute atomic E-state index is 0.337. The second kappa shape index (κ2) is 5.04. The standard InChI is InChI=1S/C9H17O5/c1-2-3-5-7(11)9(13)8(12)6(4-10)14-5/h6-13H,2-4H2,1H3/t6-,7+,8+,9-/m1/s1. The van der Waals surface area contributed by atoms with Gasteiger partial charge in [0.1, 0.15) is 30.5 Å². The molecule has 1 fully saturated rings. The van der Waals surface area contributed by atoms with Crippen molar-refractivity contribution in [1.82, 2.24) is 0 Å². The third-order valence-electron chi connectivity index (χ3n) is 2.36. The summed E-state index contributed by atoms with van der Waals surface area (Å²) in [5, 5.41) is 37.2. The van der Waals surface area contributed by atoms with E-state index in [1.165, 1.54) is 0 Å². The third kappa shape index (κ3) is 2.24. The molecule has 5 heteroatoms. The summed E-state index contributed by atoms with van der Waals surface area (Å²) in [6, 6.07) is 0. The SMILES string of the molecule is CCC[C]1O[C@H](CO)[C@H](O)[C@H](O)[C@H]1O. The summed E-state index contributed by atoms with van der Waals surface area (Å²) in [6.07, 6.45) is -2.89. The Labute approximate surface area is 82.9 Å². The van der Waals surface area contributed by atoms with E-state index < -0.39 is 24.4 Å². The molecule has 4 N–H and O–H groups in total. The molecule has 4 atom stereocenters. The maximum atomic E-state index is 9.50. The van der Waals surface area contributed by atoms with Crippen LogP contribution in [0.4, 0.5) is 0 Å². The van der Waals surface area contributed by atoms with Gasteiger partial charge in [-0.15, -0.1) is 0 Å². The Balaban J connectivity index is 2.63. The Kier molecular flexibility index (Phi) is 4.28. The van der Waals surface area contributed by atoms with E-state index in [0.29, 0.717) is 12.5 Å². The van der Waals surface area contributed by atoms with Crippen LogP contribution in [0.25, 0.3) is 0 Å². The van der Waals surface area contributed by atoms with Crippen LogP contribution in [0.2, 0.25) is 0 Å². The number of hydrogen-bond donors (Lipinski definition) is 4. The zero-order chi connectivity index (χ0) is 10.7. The van der Waals surface area contributed by atoms with Crippen LogP contribution in [0.5, 0.6) is 0 Å². The van der Waals surface area contributed by atoms with Crippen LogP contribution in [-0.4, -0.2) is 51.4 Å². The first-order valence-electron chi connectivity index (χ1n) is 4.79. The molecule has 83 valence electrons. The predicted molar refractivity (Wildman–Crippen MR) is 48.1 cm³/mol. The van der Waals surface area contributed by atoms with Gasteiger partial charge in [-0.1, -0.05) is 13.3 Å². The lowest BCUT2D eigenvalue weighted by Gasteiger charge is -2.39. The molecule has 0 aliphatic carbocycles. The van der Waals surface area contributed by atoms with Gasteiger partial charge in [0.25, 0.3) is 0 Å². The van der Waals surface area contributed by atoms with Crippen molar-refractivity contribution >= 4 is 0 Å². The summed E-state index contributed by atoms with van der Waals surface area (Å²) in [7, 11) is 0. The summed E-state index contributed by atoms with van der Waals surface area (Å²) in [5.74, 6) is 0. The van der Waals surface area contributed by atoms with Gasteiger partial charge < -0.3 is 25.2 Å².